The van der Waals surface area contributed by atoms with E-state index in [1.54, 1.807) is 24.3 Å². The van der Waals surface area contributed by atoms with E-state index < -0.39 is 6.10 Å². The average molecular weight is 238 g/mol. The summed E-state index contributed by atoms with van der Waals surface area (Å²) in [6.45, 7) is 3.59. The molecule has 0 fully saturated rings. The summed E-state index contributed by atoms with van der Waals surface area (Å²) in [6.07, 6.45) is -0.673. The third kappa shape index (κ3) is 3.44. The first kappa shape index (κ1) is 13.5. The number of nitrogens with one attached hydrogen (secondary N) is 1. The van der Waals surface area contributed by atoms with Gasteiger partial charge in [0.1, 0.15) is 5.75 Å². The molecule has 0 spiro atoms. The van der Waals surface area contributed by atoms with Gasteiger partial charge in [0.25, 0.3) is 5.91 Å². The van der Waals surface area contributed by atoms with Crippen molar-refractivity contribution in [1.29, 1.82) is 0 Å². The molecule has 5 nitrogen and oxygen atoms in total. The summed E-state index contributed by atoms with van der Waals surface area (Å²) in [5, 5.41) is 9.16. The van der Waals surface area contributed by atoms with Gasteiger partial charge in [0.05, 0.1) is 6.61 Å². The molecule has 0 saturated heterocycles. The van der Waals surface area contributed by atoms with Gasteiger partial charge in [-0.25, -0.2) is 5.84 Å². The van der Waals surface area contributed by atoms with Gasteiger partial charge in [-0.05, 0) is 12.0 Å². The van der Waals surface area contributed by atoms with E-state index in [2.05, 4.69) is 5.43 Å². The zero-order chi connectivity index (χ0) is 12.8. The molecule has 4 N–H and O–H groups in total. The van der Waals surface area contributed by atoms with Gasteiger partial charge in [-0.3, -0.25) is 10.2 Å². The maximum absolute atomic E-state index is 11.5. The van der Waals surface area contributed by atoms with E-state index in [0.29, 0.717) is 11.3 Å². The van der Waals surface area contributed by atoms with Crippen LogP contribution in [0.4, 0.5) is 0 Å². The molecule has 1 atom stereocenters. The lowest BCUT2D eigenvalue weighted by Crippen LogP contribution is -2.44. The van der Waals surface area contributed by atoms with Crippen LogP contribution in [0, 0.1) is 5.92 Å². The lowest BCUT2D eigenvalue weighted by molar-refractivity contribution is -0.129. The standard InChI is InChI=1S/C12H18N2O3/c1-8(2)11(12(16)14-13)17-10-6-4-3-5-9(10)7-15/h3-6,8,11,15H,7,13H2,1-2H3,(H,14,16). The zero-order valence-corrected chi connectivity index (χ0v) is 10.0. The summed E-state index contributed by atoms with van der Waals surface area (Å²) in [4.78, 5) is 11.5. The molecule has 0 aliphatic rings. The van der Waals surface area contributed by atoms with Gasteiger partial charge in [0, 0.05) is 5.56 Å². The molecule has 1 aromatic rings. The molecule has 1 rings (SSSR count). The van der Waals surface area contributed by atoms with E-state index in [9.17, 15) is 4.79 Å². The summed E-state index contributed by atoms with van der Waals surface area (Å²) < 4.78 is 5.60. The molecule has 0 aliphatic carbocycles. The van der Waals surface area contributed by atoms with Crippen molar-refractivity contribution in [1.82, 2.24) is 5.43 Å². The minimum absolute atomic E-state index is 0.0229. The number of ether oxygens (including phenoxy) is 1. The predicted molar refractivity (Wildman–Crippen MR) is 63.9 cm³/mol. The van der Waals surface area contributed by atoms with Crippen molar-refractivity contribution in [3.63, 3.8) is 0 Å². The van der Waals surface area contributed by atoms with Crippen LogP contribution in [-0.2, 0) is 11.4 Å². The highest BCUT2D eigenvalue weighted by Crippen LogP contribution is 2.21. The van der Waals surface area contributed by atoms with Crippen molar-refractivity contribution in [3.05, 3.63) is 29.8 Å². The van der Waals surface area contributed by atoms with E-state index in [-0.39, 0.29) is 18.4 Å². The minimum atomic E-state index is -0.673. The molecular formula is C12H18N2O3. The molecule has 0 aliphatic heterocycles. The third-order valence-corrected chi connectivity index (χ3v) is 2.40. The first-order valence-corrected chi connectivity index (χ1v) is 5.46. The fraction of sp³-hybridized carbons (Fsp3) is 0.417. The van der Waals surface area contributed by atoms with Gasteiger partial charge >= 0.3 is 0 Å². The van der Waals surface area contributed by atoms with Crippen molar-refractivity contribution >= 4 is 5.91 Å². The Hall–Kier alpha value is -1.59. The third-order valence-electron chi connectivity index (χ3n) is 2.40. The van der Waals surface area contributed by atoms with E-state index in [1.807, 2.05) is 13.8 Å². The Labute approximate surface area is 101 Å². The maximum Gasteiger partial charge on any atom is 0.275 e. The topological polar surface area (TPSA) is 84.6 Å². The van der Waals surface area contributed by atoms with Crippen LogP contribution in [0.3, 0.4) is 0 Å². The SMILES string of the molecule is CC(C)C(Oc1ccccc1CO)C(=O)NN. The summed E-state index contributed by atoms with van der Waals surface area (Å²) >= 11 is 0. The second-order valence-electron chi connectivity index (χ2n) is 4.06. The summed E-state index contributed by atoms with van der Waals surface area (Å²) in [5.74, 6) is 5.20. The van der Waals surface area contributed by atoms with E-state index in [4.69, 9.17) is 15.7 Å². The fourth-order valence-electron chi connectivity index (χ4n) is 1.46. The first-order chi connectivity index (χ1) is 8.10. The average Bonchev–Trinajstić information content (AvgIpc) is 2.35. The van der Waals surface area contributed by atoms with Gasteiger partial charge in [-0.2, -0.15) is 0 Å². The van der Waals surface area contributed by atoms with Crippen molar-refractivity contribution < 1.29 is 14.6 Å². The number of aliphatic hydroxyl groups is 1. The number of benzene rings is 1. The number of hydrogen-bond acceptors (Lipinski definition) is 4. The Kier molecular flexibility index (Phi) is 4.93. The molecule has 0 aromatic heterocycles. The zero-order valence-electron chi connectivity index (χ0n) is 10.0. The Morgan fingerprint density at radius 1 is 1.47 bits per heavy atom. The highest BCUT2D eigenvalue weighted by molar-refractivity contribution is 5.80. The smallest absolute Gasteiger partial charge is 0.275 e. The summed E-state index contributed by atoms with van der Waals surface area (Å²) in [6, 6.07) is 7.04. The number of hydrazine groups is 1. The van der Waals surface area contributed by atoms with Gasteiger partial charge in [0.15, 0.2) is 6.10 Å². The van der Waals surface area contributed by atoms with Crippen LogP contribution in [0.1, 0.15) is 19.4 Å². The molecule has 17 heavy (non-hydrogen) atoms. The molecule has 0 bridgehead atoms. The molecule has 0 heterocycles. The monoisotopic (exact) mass is 238 g/mol. The van der Waals surface area contributed by atoms with E-state index in [0.717, 1.165) is 0 Å². The van der Waals surface area contributed by atoms with Crippen molar-refractivity contribution in [2.75, 3.05) is 0 Å². The van der Waals surface area contributed by atoms with E-state index >= 15 is 0 Å². The van der Waals surface area contributed by atoms with Crippen molar-refractivity contribution in [2.24, 2.45) is 11.8 Å². The van der Waals surface area contributed by atoms with E-state index in [1.165, 1.54) is 0 Å². The van der Waals surface area contributed by atoms with Crippen LogP contribution >= 0.6 is 0 Å². The van der Waals surface area contributed by atoms with Crippen LogP contribution in [0.15, 0.2) is 24.3 Å². The molecule has 1 unspecified atom stereocenters. The van der Waals surface area contributed by atoms with Gasteiger partial charge in [0.2, 0.25) is 0 Å². The van der Waals surface area contributed by atoms with Gasteiger partial charge in [-0.15, -0.1) is 0 Å². The van der Waals surface area contributed by atoms with Crippen LogP contribution < -0.4 is 16.0 Å². The largest absolute Gasteiger partial charge is 0.480 e. The number of carbonyl (C=O) groups is 1. The number of nitrogens with two attached hydrogens (primary N) is 1. The number of para-hydroxylation sites is 1. The molecule has 0 radical (unpaired) electrons. The second kappa shape index (κ2) is 6.22. The highest BCUT2D eigenvalue weighted by atomic mass is 16.5. The molecule has 1 aromatic carbocycles. The Balaban J connectivity index is 2.89. The molecule has 1 amide bonds. The summed E-state index contributed by atoms with van der Waals surface area (Å²) in [5.41, 5.74) is 2.72. The Bertz CT molecular complexity index is 380. The number of carbonyl (C=O) groups excluding carboxylic acids is 1. The lowest BCUT2D eigenvalue weighted by atomic mass is 10.1. The van der Waals surface area contributed by atoms with Gasteiger partial charge in [-0.1, -0.05) is 32.0 Å². The number of rotatable bonds is 5. The molecular weight excluding hydrogens is 220 g/mol. The lowest BCUT2D eigenvalue weighted by Gasteiger charge is -2.22. The maximum atomic E-state index is 11.5. The molecule has 5 heteroatoms. The summed E-state index contributed by atoms with van der Waals surface area (Å²) in [7, 11) is 0. The Morgan fingerprint density at radius 3 is 2.65 bits per heavy atom. The first-order valence-electron chi connectivity index (χ1n) is 5.46. The normalized spacial score (nSPS) is 12.3. The van der Waals surface area contributed by atoms with Crippen molar-refractivity contribution in [2.45, 2.75) is 26.6 Å². The van der Waals surface area contributed by atoms with Crippen LogP contribution in [0.5, 0.6) is 5.75 Å². The minimum Gasteiger partial charge on any atom is -0.480 e. The van der Waals surface area contributed by atoms with Crippen LogP contribution in [-0.4, -0.2) is 17.1 Å². The number of hydrogen-bond donors (Lipinski definition) is 3. The van der Waals surface area contributed by atoms with Crippen molar-refractivity contribution in [3.8, 4) is 5.75 Å². The fourth-order valence-corrected chi connectivity index (χ4v) is 1.46. The quantitative estimate of drug-likeness (QED) is 0.398. The second-order valence-corrected chi connectivity index (χ2v) is 4.06. The van der Waals surface area contributed by atoms with Crippen LogP contribution in [0.25, 0.3) is 0 Å². The number of amides is 1. The Morgan fingerprint density at radius 2 is 2.12 bits per heavy atom. The number of aliphatic hydroxyl groups excluding tert-OH is 1. The predicted octanol–water partition coefficient (Wildman–Crippen LogP) is 0.572. The van der Waals surface area contributed by atoms with Gasteiger partial charge < -0.3 is 9.84 Å². The van der Waals surface area contributed by atoms with Crippen LogP contribution in [0.2, 0.25) is 0 Å². The molecule has 0 saturated carbocycles. The molecule has 94 valence electrons. The highest BCUT2D eigenvalue weighted by Gasteiger charge is 2.24.